The predicted molar refractivity (Wildman–Crippen MR) is 156 cm³/mol. The van der Waals surface area contributed by atoms with Gasteiger partial charge in [-0.25, -0.2) is 18.1 Å². The van der Waals surface area contributed by atoms with E-state index in [2.05, 4.69) is 56.0 Å². The molecule has 0 spiro atoms. The van der Waals surface area contributed by atoms with Gasteiger partial charge in [-0.15, -0.1) is 0 Å². The maximum absolute atomic E-state index is 11.9. The molecule has 1 aliphatic heterocycles. The van der Waals surface area contributed by atoms with Gasteiger partial charge < -0.3 is 10.1 Å². The Morgan fingerprint density at radius 1 is 1.18 bits per heavy atom. The van der Waals surface area contributed by atoms with Gasteiger partial charge in [0.25, 0.3) is 0 Å². The predicted octanol–water partition coefficient (Wildman–Crippen LogP) is 4.70. The zero-order chi connectivity index (χ0) is 27.6. The summed E-state index contributed by atoms with van der Waals surface area (Å²) in [6.07, 6.45) is 6.65. The molecule has 0 bridgehead atoms. The zero-order valence-electron chi connectivity index (χ0n) is 22.7. The topological polar surface area (TPSA) is 127 Å². The van der Waals surface area contributed by atoms with E-state index in [9.17, 15) is 13.5 Å². The Hall–Kier alpha value is -3.47. The Morgan fingerprint density at radius 3 is 2.77 bits per heavy atom. The van der Waals surface area contributed by atoms with E-state index in [-0.39, 0.29) is 5.75 Å². The third-order valence-electron chi connectivity index (χ3n) is 7.34. The van der Waals surface area contributed by atoms with E-state index >= 15 is 0 Å². The summed E-state index contributed by atoms with van der Waals surface area (Å²) in [6, 6.07) is 11.7. The molecule has 3 heterocycles. The minimum absolute atomic E-state index is 0.280. The fourth-order valence-corrected chi connectivity index (χ4v) is 5.72. The summed E-state index contributed by atoms with van der Waals surface area (Å²) in [6.45, 7) is 8.50. The van der Waals surface area contributed by atoms with Gasteiger partial charge in [-0.05, 0) is 86.2 Å². The van der Waals surface area contributed by atoms with E-state index in [0.717, 1.165) is 83.7 Å². The first kappa shape index (κ1) is 27.1. The third kappa shape index (κ3) is 5.93. The second-order valence-electron chi connectivity index (χ2n) is 10.3. The van der Waals surface area contributed by atoms with Gasteiger partial charge in [-0.2, -0.15) is 5.10 Å². The Balaban J connectivity index is 1.24. The van der Waals surface area contributed by atoms with Gasteiger partial charge in [0, 0.05) is 31.2 Å². The third-order valence-corrected chi connectivity index (χ3v) is 9.19. The van der Waals surface area contributed by atoms with Crippen LogP contribution in [0.3, 0.4) is 0 Å². The van der Waals surface area contributed by atoms with Crippen molar-refractivity contribution < 1.29 is 13.5 Å². The lowest BCUT2D eigenvalue weighted by Gasteiger charge is -2.25. The summed E-state index contributed by atoms with van der Waals surface area (Å²) in [5.74, 6) is 1.01. The molecule has 0 aliphatic carbocycles. The van der Waals surface area contributed by atoms with Crippen LogP contribution in [0.4, 0.5) is 0 Å². The fourth-order valence-electron chi connectivity index (χ4n) is 4.96. The summed E-state index contributed by atoms with van der Waals surface area (Å²) in [4.78, 5) is 10.5. The number of rotatable bonds is 10. The molecule has 2 aromatic heterocycles. The molecule has 0 saturated carbocycles. The van der Waals surface area contributed by atoms with Crippen LogP contribution in [0.15, 0.2) is 48.7 Å². The van der Waals surface area contributed by atoms with Crippen LogP contribution in [0.1, 0.15) is 44.9 Å². The highest BCUT2D eigenvalue weighted by Crippen LogP contribution is 2.32. The Morgan fingerprint density at radius 2 is 2.03 bits per heavy atom. The first-order chi connectivity index (χ1) is 18.7. The van der Waals surface area contributed by atoms with Crippen LogP contribution in [-0.4, -0.2) is 70.0 Å². The highest BCUT2D eigenvalue weighted by Gasteiger charge is 2.19. The summed E-state index contributed by atoms with van der Waals surface area (Å²) in [5, 5.41) is 18.2. The molecule has 0 atom stereocenters. The number of nitrogens with one attached hydrogen (secondary N) is 3. The number of sulfonamides is 1. The van der Waals surface area contributed by atoms with E-state index in [1.54, 1.807) is 19.9 Å². The molecule has 5 rings (SSSR count). The van der Waals surface area contributed by atoms with Gasteiger partial charge in [0.15, 0.2) is 5.82 Å². The van der Waals surface area contributed by atoms with Gasteiger partial charge in [0.1, 0.15) is 11.4 Å². The number of imidazole rings is 1. The number of aromatic amines is 2. The molecule has 4 N–H and O–H groups in total. The molecule has 39 heavy (non-hydrogen) atoms. The molecule has 0 amide bonds. The van der Waals surface area contributed by atoms with Gasteiger partial charge in [0.2, 0.25) is 10.0 Å². The summed E-state index contributed by atoms with van der Waals surface area (Å²) < 4.78 is 26.5. The number of phenols is 1. The van der Waals surface area contributed by atoms with Crippen molar-refractivity contribution in [2.45, 2.75) is 45.3 Å². The molecule has 1 aliphatic rings. The summed E-state index contributed by atoms with van der Waals surface area (Å²) in [7, 11) is -3.20. The Kier molecular flexibility index (Phi) is 7.88. The number of aromatic hydroxyl groups is 1. The summed E-state index contributed by atoms with van der Waals surface area (Å²) in [5.41, 5.74) is 7.12. The average Bonchev–Trinajstić information content (AvgIpc) is 3.58. The van der Waals surface area contributed by atoms with Crippen LogP contribution in [0.2, 0.25) is 0 Å². The maximum atomic E-state index is 11.9. The number of nitrogens with zero attached hydrogens (tertiary/aromatic N) is 3. The first-order valence-corrected chi connectivity index (χ1v) is 15.1. The molecule has 9 nitrogen and oxygen atoms in total. The molecule has 0 unspecified atom stereocenters. The number of aryl methyl sites for hydroxylation is 1. The van der Waals surface area contributed by atoms with Gasteiger partial charge in [-0.3, -0.25) is 10.00 Å². The second-order valence-corrected chi connectivity index (χ2v) is 12.6. The second kappa shape index (κ2) is 11.3. The number of hydrogen-bond acceptors (Lipinski definition) is 6. The zero-order valence-corrected chi connectivity index (χ0v) is 23.5. The normalized spacial score (nSPS) is 14.8. The molecule has 10 heteroatoms. The van der Waals surface area contributed by atoms with Crippen LogP contribution in [0.25, 0.3) is 39.1 Å². The first-order valence-electron chi connectivity index (χ1n) is 13.5. The maximum Gasteiger partial charge on any atom is 0.213 e. The van der Waals surface area contributed by atoms with Crippen LogP contribution in [0, 0.1) is 0 Å². The Labute approximate surface area is 229 Å². The SMILES string of the molecule is CCc1cc(O)ccc1-c1ccc2c(-c3nc(C4=CCN(CCCNS(=O)(=O)C(C)C)CC4)c[nH]3)n[nH]c2c1. The number of hydrogen-bond donors (Lipinski definition) is 4. The van der Waals surface area contributed by atoms with E-state index in [0.29, 0.717) is 6.54 Å². The van der Waals surface area contributed by atoms with Crippen molar-refractivity contribution in [3.63, 3.8) is 0 Å². The van der Waals surface area contributed by atoms with Crippen LogP contribution < -0.4 is 4.72 Å². The van der Waals surface area contributed by atoms with E-state index in [4.69, 9.17) is 4.98 Å². The quantitative estimate of drug-likeness (QED) is 0.213. The lowest BCUT2D eigenvalue weighted by molar-refractivity contribution is 0.298. The van der Waals surface area contributed by atoms with Crippen molar-refractivity contribution in [1.82, 2.24) is 29.8 Å². The van der Waals surface area contributed by atoms with Crippen molar-refractivity contribution >= 4 is 26.5 Å². The lowest BCUT2D eigenvalue weighted by atomic mass is 9.97. The van der Waals surface area contributed by atoms with E-state index < -0.39 is 15.3 Å². The van der Waals surface area contributed by atoms with Crippen molar-refractivity contribution in [3.05, 3.63) is 59.9 Å². The number of benzene rings is 2. The van der Waals surface area contributed by atoms with Gasteiger partial charge in [-0.1, -0.05) is 25.1 Å². The van der Waals surface area contributed by atoms with Gasteiger partial charge >= 0.3 is 0 Å². The number of aromatic nitrogens is 4. The standard InChI is InChI=1S/C29H36N6O3S/c1-4-20-16-23(36)7-9-24(20)22-6-8-25-26(17-22)33-34-28(25)29-30-18-27(32-29)21-10-14-35(15-11-21)13-5-12-31-39(37,38)19(2)3/h6-10,16-19,31,36H,4-5,11-15H2,1-3H3,(H,30,32)(H,33,34). The number of phenolic OH excluding ortho intramolecular Hbond substituents is 1. The molecule has 2 aromatic carbocycles. The molecule has 0 fully saturated rings. The monoisotopic (exact) mass is 548 g/mol. The molecule has 0 radical (unpaired) electrons. The van der Waals surface area contributed by atoms with Crippen LogP contribution in [-0.2, 0) is 16.4 Å². The van der Waals surface area contributed by atoms with E-state index in [1.807, 2.05) is 18.3 Å². The molecule has 206 valence electrons. The van der Waals surface area contributed by atoms with Gasteiger partial charge in [0.05, 0.1) is 16.5 Å². The van der Waals surface area contributed by atoms with Crippen molar-refractivity contribution in [2.24, 2.45) is 0 Å². The average molecular weight is 549 g/mol. The number of fused-ring (bicyclic) bond motifs is 1. The minimum atomic E-state index is -3.20. The highest BCUT2D eigenvalue weighted by atomic mass is 32.2. The fraction of sp³-hybridized carbons (Fsp3) is 0.379. The number of H-pyrrole nitrogens is 2. The molecule has 0 saturated heterocycles. The molecular formula is C29H36N6O3S. The van der Waals surface area contributed by atoms with Crippen molar-refractivity contribution in [2.75, 3.05) is 26.2 Å². The van der Waals surface area contributed by atoms with Crippen molar-refractivity contribution in [1.29, 1.82) is 0 Å². The highest BCUT2D eigenvalue weighted by molar-refractivity contribution is 7.90. The molecular weight excluding hydrogens is 512 g/mol. The molecule has 4 aromatic rings. The van der Waals surface area contributed by atoms with Crippen LogP contribution >= 0.6 is 0 Å². The lowest BCUT2D eigenvalue weighted by Crippen LogP contribution is -2.35. The van der Waals surface area contributed by atoms with Crippen LogP contribution in [0.5, 0.6) is 5.75 Å². The summed E-state index contributed by atoms with van der Waals surface area (Å²) >= 11 is 0. The minimum Gasteiger partial charge on any atom is -0.508 e. The van der Waals surface area contributed by atoms with E-state index in [1.165, 1.54) is 5.57 Å². The Bertz CT molecular complexity index is 1600. The smallest absolute Gasteiger partial charge is 0.213 e. The largest absolute Gasteiger partial charge is 0.508 e. The van der Waals surface area contributed by atoms with Crippen molar-refractivity contribution in [3.8, 4) is 28.4 Å².